The van der Waals surface area contributed by atoms with Crippen LogP contribution >= 0.6 is 0 Å². The molecule has 0 spiro atoms. The van der Waals surface area contributed by atoms with Gasteiger partial charge >= 0.3 is 0 Å². The first-order valence-corrected chi connectivity index (χ1v) is 13.3. The third-order valence-corrected chi connectivity index (χ3v) is 8.69. The minimum absolute atomic E-state index is 0.0758. The van der Waals surface area contributed by atoms with Crippen molar-refractivity contribution in [3.05, 3.63) is 131 Å². The fourth-order valence-corrected chi connectivity index (χ4v) is 6.60. The summed E-state index contributed by atoms with van der Waals surface area (Å²) >= 11 is 0. The first-order valence-electron chi connectivity index (χ1n) is 13.3. The van der Waals surface area contributed by atoms with Crippen molar-refractivity contribution in [1.82, 2.24) is 0 Å². The predicted molar refractivity (Wildman–Crippen MR) is 159 cm³/mol. The molecule has 2 heterocycles. The van der Waals surface area contributed by atoms with E-state index < -0.39 is 0 Å². The highest BCUT2D eigenvalue weighted by Gasteiger charge is 2.39. The number of nitrogens with zero attached hydrogens (tertiary/aromatic N) is 2. The molecule has 0 saturated carbocycles. The van der Waals surface area contributed by atoms with Gasteiger partial charge in [-0.05, 0) is 58.7 Å². The number of allylic oxidation sites excluding steroid dienone is 8. The molecule has 0 atom stereocenters. The Kier molecular flexibility index (Phi) is 5.39. The van der Waals surface area contributed by atoms with E-state index in [-0.39, 0.29) is 16.6 Å². The van der Waals surface area contributed by atoms with Crippen LogP contribution in [0.15, 0.2) is 108 Å². The van der Waals surface area contributed by atoms with E-state index in [1.165, 1.54) is 33.9 Å². The van der Waals surface area contributed by atoms with Gasteiger partial charge in [0.1, 0.15) is 0 Å². The third kappa shape index (κ3) is 3.38. The van der Waals surface area contributed by atoms with Crippen molar-refractivity contribution in [2.45, 2.75) is 38.5 Å². The third-order valence-electron chi connectivity index (χ3n) is 8.69. The summed E-state index contributed by atoms with van der Waals surface area (Å²) in [6.07, 6.45) is 8.32. The highest BCUT2D eigenvalue weighted by atomic mass is 16.1. The van der Waals surface area contributed by atoms with Gasteiger partial charge in [-0.25, -0.2) is 0 Å². The van der Waals surface area contributed by atoms with Gasteiger partial charge < -0.3 is 9.80 Å². The highest BCUT2D eigenvalue weighted by Crippen LogP contribution is 2.48. The fraction of sp³-hybridized carbons (Fsp3) is 0.229. The number of anilines is 2. The first-order chi connectivity index (χ1) is 18.1. The van der Waals surface area contributed by atoms with Crippen LogP contribution < -0.4 is 9.80 Å². The van der Waals surface area contributed by atoms with E-state index >= 15 is 0 Å². The number of Topliss-reactive ketones (excluding diaryl/α,β-unsaturated/α-hetero) is 1. The zero-order valence-electron chi connectivity index (χ0n) is 23.0. The average molecular weight is 499 g/mol. The summed E-state index contributed by atoms with van der Waals surface area (Å²) in [4.78, 5) is 18.4. The van der Waals surface area contributed by atoms with Crippen molar-refractivity contribution in [1.29, 1.82) is 0 Å². The quantitative estimate of drug-likeness (QED) is 0.339. The molecule has 0 amide bonds. The molecule has 3 nitrogen and oxygen atoms in total. The molecular weight excluding hydrogens is 464 g/mol. The Morgan fingerprint density at radius 2 is 0.921 bits per heavy atom. The lowest BCUT2D eigenvalue weighted by molar-refractivity contribution is -0.108. The summed E-state index contributed by atoms with van der Waals surface area (Å²) in [6, 6.07) is 25.2. The molecule has 3 heteroatoms. The molecule has 3 aromatic rings. The van der Waals surface area contributed by atoms with Crippen molar-refractivity contribution >= 4 is 28.3 Å². The van der Waals surface area contributed by atoms with Crippen LogP contribution in [0.4, 0.5) is 11.4 Å². The Bertz CT molecular complexity index is 1490. The lowest BCUT2D eigenvalue weighted by atomic mass is 9.83. The lowest BCUT2D eigenvalue weighted by Gasteiger charge is -2.23. The summed E-state index contributed by atoms with van der Waals surface area (Å²) in [5, 5.41) is 0. The number of hydrogen-bond acceptors (Lipinski definition) is 3. The van der Waals surface area contributed by atoms with Gasteiger partial charge in [0.2, 0.25) is 0 Å². The molecule has 2 aliphatic heterocycles. The number of likely N-dealkylation sites (N-methyl/N-ethyl adjacent to an activating group) is 2. The van der Waals surface area contributed by atoms with Crippen molar-refractivity contribution in [3.8, 4) is 0 Å². The maximum absolute atomic E-state index is 13.9. The molecule has 0 fully saturated rings. The van der Waals surface area contributed by atoms with E-state index in [0.29, 0.717) is 0 Å². The smallest absolute Gasteiger partial charge is 0.194 e. The van der Waals surface area contributed by atoms with Crippen molar-refractivity contribution < 1.29 is 4.79 Å². The van der Waals surface area contributed by atoms with E-state index in [1.54, 1.807) is 0 Å². The standard InChI is InChI=1S/C35H34N2O/c1-34(2)27-15-9-11-17-29(27)36(5)31(34)21-19-25-23-13-7-8-14-24(23)26(33(25)38)20-22-32-35(3,4)28-16-10-12-18-30(28)37(32)6/h7-22H,1-6H3/b25-19-,26-20+,31-21+,32-22-. The summed E-state index contributed by atoms with van der Waals surface area (Å²) in [5.41, 5.74) is 10.6. The van der Waals surface area contributed by atoms with Crippen LogP contribution in [0.2, 0.25) is 0 Å². The Balaban J connectivity index is 1.41. The molecule has 0 N–H and O–H groups in total. The molecular formula is C35H34N2O. The van der Waals surface area contributed by atoms with Crippen LogP contribution in [-0.4, -0.2) is 19.9 Å². The van der Waals surface area contributed by atoms with Crippen molar-refractivity contribution in [3.63, 3.8) is 0 Å². The number of benzene rings is 3. The van der Waals surface area contributed by atoms with Gasteiger partial charge in [0, 0.05) is 58.8 Å². The molecule has 0 aromatic heterocycles. The van der Waals surface area contributed by atoms with E-state index in [1.807, 2.05) is 24.3 Å². The number of hydrogen-bond donors (Lipinski definition) is 0. The first kappa shape index (κ1) is 24.2. The van der Waals surface area contributed by atoms with Gasteiger partial charge in [0.25, 0.3) is 0 Å². The average Bonchev–Trinajstić information content (AvgIpc) is 3.37. The zero-order chi connectivity index (χ0) is 26.8. The minimum Gasteiger partial charge on any atom is -0.347 e. The number of ketones is 1. The van der Waals surface area contributed by atoms with E-state index in [0.717, 1.165) is 22.3 Å². The number of carbonyl (C=O) groups is 1. The number of para-hydroxylation sites is 2. The molecule has 0 radical (unpaired) electrons. The van der Waals surface area contributed by atoms with Crippen LogP contribution in [0.25, 0.3) is 11.1 Å². The summed E-state index contributed by atoms with van der Waals surface area (Å²) < 4.78 is 0. The molecule has 38 heavy (non-hydrogen) atoms. The van der Waals surface area contributed by atoms with E-state index in [4.69, 9.17) is 0 Å². The van der Waals surface area contributed by atoms with Gasteiger partial charge in [-0.1, -0.05) is 88.4 Å². The van der Waals surface area contributed by atoms with Crippen molar-refractivity contribution in [2.75, 3.05) is 23.9 Å². The molecule has 0 unspecified atom stereocenters. The Morgan fingerprint density at radius 3 is 1.32 bits per heavy atom. The number of rotatable bonds is 2. The fourth-order valence-electron chi connectivity index (χ4n) is 6.60. The maximum atomic E-state index is 13.9. The second kappa shape index (κ2) is 8.46. The summed E-state index contributed by atoms with van der Waals surface area (Å²) in [5.74, 6) is 0.0758. The normalized spacial score (nSPS) is 23.1. The SMILES string of the molecule is CN1/C(=C\C=C2\C(=O)/C(=C\C=C3\N(C)c4ccccc4C3(C)C)c3ccccc32)C(C)(C)c2ccccc21. The highest BCUT2D eigenvalue weighted by molar-refractivity contribution is 6.47. The Labute approximate surface area is 226 Å². The molecule has 1 aliphatic carbocycles. The molecule has 0 bridgehead atoms. The van der Waals surface area contributed by atoms with Gasteiger partial charge in [-0.2, -0.15) is 0 Å². The molecule has 190 valence electrons. The Morgan fingerprint density at radius 1 is 0.553 bits per heavy atom. The summed E-state index contributed by atoms with van der Waals surface area (Å²) in [6.45, 7) is 9.00. The molecule has 3 aromatic carbocycles. The predicted octanol–water partition coefficient (Wildman–Crippen LogP) is 7.66. The molecule has 3 aliphatic rings. The minimum atomic E-state index is -0.139. The van der Waals surface area contributed by atoms with Crippen LogP contribution in [-0.2, 0) is 15.6 Å². The topological polar surface area (TPSA) is 23.6 Å². The summed E-state index contributed by atoms with van der Waals surface area (Å²) in [7, 11) is 4.22. The van der Waals surface area contributed by atoms with Gasteiger partial charge in [0.05, 0.1) is 0 Å². The number of carbonyl (C=O) groups excluding carboxylic acids is 1. The van der Waals surface area contributed by atoms with Gasteiger partial charge in [0.15, 0.2) is 5.78 Å². The van der Waals surface area contributed by atoms with E-state index in [2.05, 4.69) is 124 Å². The Hall–Kier alpha value is -4.11. The van der Waals surface area contributed by atoms with Gasteiger partial charge in [-0.3, -0.25) is 4.79 Å². The zero-order valence-corrected chi connectivity index (χ0v) is 23.0. The van der Waals surface area contributed by atoms with Gasteiger partial charge in [-0.15, -0.1) is 0 Å². The maximum Gasteiger partial charge on any atom is 0.194 e. The molecule has 6 rings (SSSR count). The van der Waals surface area contributed by atoms with Crippen LogP contribution in [0.1, 0.15) is 49.9 Å². The van der Waals surface area contributed by atoms with Crippen LogP contribution in [0, 0.1) is 0 Å². The lowest BCUT2D eigenvalue weighted by Crippen LogP contribution is -2.22. The van der Waals surface area contributed by atoms with E-state index in [9.17, 15) is 4.79 Å². The molecule has 0 saturated heterocycles. The monoisotopic (exact) mass is 498 g/mol. The second-order valence-corrected chi connectivity index (χ2v) is 11.5. The number of fused-ring (bicyclic) bond motifs is 3. The van der Waals surface area contributed by atoms with Crippen molar-refractivity contribution in [2.24, 2.45) is 0 Å². The van der Waals surface area contributed by atoms with Crippen LogP contribution in [0.3, 0.4) is 0 Å². The second-order valence-electron chi connectivity index (χ2n) is 11.5. The van der Waals surface area contributed by atoms with Crippen LogP contribution in [0.5, 0.6) is 0 Å². The largest absolute Gasteiger partial charge is 0.347 e.